The quantitative estimate of drug-likeness (QED) is 0.826. The highest BCUT2D eigenvalue weighted by Crippen LogP contribution is 2.28. The maximum atomic E-state index is 13.3. The Labute approximate surface area is 158 Å². The molecule has 0 bridgehead atoms. The van der Waals surface area contributed by atoms with Crippen LogP contribution in [0.3, 0.4) is 0 Å². The Bertz CT molecular complexity index is 735. The molecule has 1 atom stereocenters. The first kappa shape index (κ1) is 17.4. The van der Waals surface area contributed by atoms with E-state index in [9.17, 15) is 4.79 Å². The third-order valence-corrected chi connectivity index (χ3v) is 6.10. The van der Waals surface area contributed by atoms with E-state index in [0.717, 1.165) is 68.6 Å². The van der Waals surface area contributed by atoms with E-state index in [1.807, 2.05) is 30.0 Å². The van der Waals surface area contributed by atoms with Crippen molar-refractivity contribution in [1.82, 2.24) is 19.2 Å². The summed E-state index contributed by atoms with van der Waals surface area (Å²) in [5.41, 5.74) is 1.10. The van der Waals surface area contributed by atoms with E-state index in [-0.39, 0.29) is 11.9 Å². The van der Waals surface area contributed by atoms with E-state index in [0.29, 0.717) is 0 Å². The Morgan fingerprint density at radius 1 is 1.04 bits per heavy atom. The number of hydrogen-bond acceptors (Lipinski definition) is 6. The Hall–Kier alpha value is -1.99. The van der Waals surface area contributed by atoms with Gasteiger partial charge in [0.05, 0.1) is 0 Å². The predicted molar refractivity (Wildman–Crippen MR) is 103 cm³/mol. The molecule has 2 aromatic rings. The van der Waals surface area contributed by atoms with Crippen LogP contribution in [0.15, 0.2) is 30.3 Å². The predicted octanol–water partition coefficient (Wildman–Crippen LogP) is 2.33. The molecule has 138 valence electrons. The molecule has 4 rings (SSSR count). The molecule has 0 spiro atoms. The molecule has 2 saturated heterocycles. The van der Waals surface area contributed by atoms with Gasteiger partial charge >= 0.3 is 0 Å². The van der Waals surface area contributed by atoms with E-state index in [2.05, 4.69) is 31.3 Å². The summed E-state index contributed by atoms with van der Waals surface area (Å²) in [6.45, 7) is 7.20. The fourth-order valence-electron chi connectivity index (χ4n) is 3.84. The molecular formula is C19H25N5OS. The van der Waals surface area contributed by atoms with Gasteiger partial charge in [0, 0.05) is 50.8 Å². The van der Waals surface area contributed by atoms with E-state index < -0.39 is 0 Å². The third kappa shape index (κ3) is 3.59. The monoisotopic (exact) mass is 371 g/mol. The Morgan fingerprint density at radius 3 is 2.35 bits per heavy atom. The summed E-state index contributed by atoms with van der Waals surface area (Å²) < 4.78 is 4.29. The molecule has 0 radical (unpaired) electrons. The molecule has 6 nitrogen and oxygen atoms in total. The van der Waals surface area contributed by atoms with Gasteiger partial charge in [-0.15, -0.1) is 0 Å². The first-order chi connectivity index (χ1) is 12.7. The zero-order chi connectivity index (χ0) is 17.9. The Balaban J connectivity index is 1.50. The Kier molecular flexibility index (Phi) is 5.17. The fraction of sp³-hybridized carbons (Fsp3) is 0.526. The molecule has 26 heavy (non-hydrogen) atoms. The molecule has 2 aliphatic rings. The van der Waals surface area contributed by atoms with Gasteiger partial charge in [0.1, 0.15) is 11.9 Å². The fourth-order valence-corrected chi connectivity index (χ4v) is 4.57. The lowest BCUT2D eigenvalue weighted by Gasteiger charge is -2.39. The number of hydrogen-bond donors (Lipinski definition) is 0. The minimum atomic E-state index is -0.174. The van der Waals surface area contributed by atoms with Gasteiger partial charge in [-0.1, -0.05) is 30.3 Å². The van der Waals surface area contributed by atoms with Crippen LogP contribution in [0.1, 0.15) is 30.3 Å². The number of piperazine rings is 1. The first-order valence-corrected chi connectivity index (χ1v) is 10.1. The molecule has 0 saturated carbocycles. The van der Waals surface area contributed by atoms with Crippen LogP contribution in [0.25, 0.3) is 0 Å². The summed E-state index contributed by atoms with van der Waals surface area (Å²) in [5.74, 6) is 1.09. The number of benzene rings is 1. The molecule has 2 fully saturated rings. The molecule has 1 aromatic heterocycles. The van der Waals surface area contributed by atoms with Crippen molar-refractivity contribution in [3.8, 4) is 0 Å². The molecule has 3 heterocycles. The summed E-state index contributed by atoms with van der Waals surface area (Å²) in [5, 5.41) is 0.990. The average Bonchev–Trinajstić information content (AvgIpc) is 3.35. The SMILES string of the molecule is Cc1nsc(N2CCN([C@@H](C(=O)N3CCCC3)c3ccccc3)CC2)n1. The van der Waals surface area contributed by atoms with Gasteiger partial charge < -0.3 is 9.80 Å². The molecule has 0 unspecified atom stereocenters. The van der Waals surface area contributed by atoms with Crippen LogP contribution in [-0.4, -0.2) is 64.3 Å². The maximum Gasteiger partial charge on any atom is 0.244 e. The van der Waals surface area contributed by atoms with Crippen LogP contribution in [-0.2, 0) is 4.79 Å². The normalized spacial score (nSPS) is 19.7. The molecule has 1 amide bonds. The van der Waals surface area contributed by atoms with Crippen LogP contribution in [0, 0.1) is 6.92 Å². The van der Waals surface area contributed by atoms with Gasteiger partial charge in [0.15, 0.2) is 0 Å². The number of aryl methyl sites for hydroxylation is 1. The van der Waals surface area contributed by atoms with Crippen molar-refractivity contribution in [3.63, 3.8) is 0 Å². The van der Waals surface area contributed by atoms with Gasteiger partial charge in [-0.05, 0) is 25.3 Å². The lowest BCUT2D eigenvalue weighted by molar-refractivity contribution is -0.136. The molecule has 0 aliphatic carbocycles. The zero-order valence-electron chi connectivity index (χ0n) is 15.2. The number of carbonyl (C=O) groups excluding carboxylic acids is 1. The van der Waals surface area contributed by atoms with Crippen molar-refractivity contribution in [2.45, 2.75) is 25.8 Å². The molecule has 2 aliphatic heterocycles. The standard InChI is InChI=1S/C19H25N5OS/c1-15-20-19(26-21-15)24-13-11-22(12-14-24)17(16-7-3-2-4-8-16)18(25)23-9-5-6-10-23/h2-4,7-8,17H,5-6,9-14H2,1H3/t17-/m1/s1. The summed E-state index contributed by atoms with van der Waals surface area (Å²) in [6.07, 6.45) is 2.24. The maximum absolute atomic E-state index is 13.3. The minimum Gasteiger partial charge on any atom is -0.344 e. The number of rotatable bonds is 4. The summed E-state index contributed by atoms with van der Waals surface area (Å²) in [6, 6.07) is 10.1. The van der Waals surface area contributed by atoms with Crippen molar-refractivity contribution in [2.75, 3.05) is 44.2 Å². The Morgan fingerprint density at radius 2 is 1.73 bits per heavy atom. The lowest BCUT2D eigenvalue weighted by Crippen LogP contribution is -2.51. The highest BCUT2D eigenvalue weighted by molar-refractivity contribution is 7.09. The largest absolute Gasteiger partial charge is 0.344 e. The summed E-state index contributed by atoms with van der Waals surface area (Å²) >= 11 is 1.46. The summed E-state index contributed by atoms with van der Waals surface area (Å²) in [4.78, 5) is 24.4. The van der Waals surface area contributed by atoms with Crippen molar-refractivity contribution >= 4 is 22.6 Å². The summed E-state index contributed by atoms with van der Waals surface area (Å²) in [7, 11) is 0. The highest BCUT2D eigenvalue weighted by Gasteiger charge is 2.34. The molecular weight excluding hydrogens is 346 g/mol. The van der Waals surface area contributed by atoms with Crippen molar-refractivity contribution in [1.29, 1.82) is 0 Å². The second-order valence-corrected chi connectivity index (χ2v) is 7.72. The smallest absolute Gasteiger partial charge is 0.244 e. The molecule has 0 N–H and O–H groups in total. The average molecular weight is 372 g/mol. The van der Waals surface area contributed by atoms with Crippen LogP contribution in [0.5, 0.6) is 0 Å². The van der Waals surface area contributed by atoms with E-state index in [1.54, 1.807) is 0 Å². The van der Waals surface area contributed by atoms with Crippen LogP contribution in [0.4, 0.5) is 5.13 Å². The number of carbonyl (C=O) groups is 1. The van der Waals surface area contributed by atoms with Gasteiger partial charge in [0.25, 0.3) is 0 Å². The zero-order valence-corrected chi connectivity index (χ0v) is 16.0. The first-order valence-electron chi connectivity index (χ1n) is 9.35. The highest BCUT2D eigenvalue weighted by atomic mass is 32.1. The van der Waals surface area contributed by atoms with Gasteiger partial charge in [-0.25, -0.2) is 4.98 Å². The number of aromatic nitrogens is 2. The van der Waals surface area contributed by atoms with Crippen molar-refractivity contribution in [2.24, 2.45) is 0 Å². The molecule has 7 heteroatoms. The van der Waals surface area contributed by atoms with Crippen molar-refractivity contribution < 1.29 is 4.79 Å². The van der Waals surface area contributed by atoms with Crippen LogP contribution < -0.4 is 4.90 Å². The van der Waals surface area contributed by atoms with Gasteiger partial charge in [-0.3, -0.25) is 9.69 Å². The number of likely N-dealkylation sites (tertiary alicyclic amines) is 1. The van der Waals surface area contributed by atoms with Crippen LogP contribution >= 0.6 is 11.5 Å². The topological polar surface area (TPSA) is 52.6 Å². The second kappa shape index (κ2) is 7.72. The van der Waals surface area contributed by atoms with E-state index >= 15 is 0 Å². The third-order valence-electron chi connectivity index (χ3n) is 5.23. The molecule has 1 aromatic carbocycles. The number of nitrogens with zero attached hydrogens (tertiary/aromatic N) is 5. The lowest BCUT2D eigenvalue weighted by atomic mass is 10.0. The van der Waals surface area contributed by atoms with E-state index in [1.165, 1.54) is 11.5 Å². The van der Waals surface area contributed by atoms with Gasteiger partial charge in [-0.2, -0.15) is 4.37 Å². The van der Waals surface area contributed by atoms with E-state index in [4.69, 9.17) is 0 Å². The number of anilines is 1. The van der Waals surface area contributed by atoms with Crippen LogP contribution in [0.2, 0.25) is 0 Å². The number of amides is 1. The second-order valence-electron chi connectivity index (χ2n) is 6.99. The van der Waals surface area contributed by atoms with Gasteiger partial charge in [0.2, 0.25) is 11.0 Å². The minimum absolute atomic E-state index is 0.174. The van der Waals surface area contributed by atoms with Crippen molar-refractivity contribution in [3.05, 3.63) is 41.7 Å².